The molecular formula is C21H13N3O2S. The van der Waals surface area contributed by atoms with Crippen LogP contribution in [0.3, 0.4) is 0 Å². The van der Waals surface area contributed by atoms with Gasteiger partial charge in [0.2, 0.25) is 0 Å². The summed E-state index contributed by atoms with van der Waals surface area (Å²) in [6.45, 7) is 0. The van der Waals surface area contributed by atoms with Gasteiger partial charge in [-0.25, -0.2) is 9.97 Å². The average molecular weight is 371 g/mol. The van der Waals surface area contributed by atoms with Gasteiger partial charge in [0.05, 0.1) is 5.69 Å². The third-order valence-corrected chi connectivity index (χ3v) is 5.12. The van der Waals surface area contributed by atoms with Gasteiger partial charge in [0, 0.05) is 16.5 Å². The largest absolute Gasteiger partial charge is 0.443 e. The molecule has 0 spiro atoms. The molecule has 0 fully saturated rings. The molecule has 0 saturated carbocycles. The fourth-order valence-electron chi connectivity index (χ4n) is 2.98. The van der Waals surface area contributed by atoms with Gasteiger partial charge in [-0.05, 0) is 35.0 Å². The number of hydrogen-bond acceptors (Lipinski definition) is 5. The number of fused-ring (bicyclic) bond motifs is 2. The highest BCUT2D eigenvalue weighted by atomic mass is 32.1. The lowest BCUT2D eigenvalue weighted by atomic mass is 10.1. The summed E-state index contributed by atoms with van der Waals surface area (Å²) >= 11 is 1.40. The summed E-state index contributed by atoms with van der Waals surface area (Å²) < 4.78 is 5.20. The second-order valence-corrected chi connectivity index (χ2v) is 6.95. The molecule has 5 nitrogen and oxygen atoms in total. The Labute approximate surface area is 158 Å². The number of aromatic nitrogens is 2. The molecule has 130 valence electrons. The number of rotatable bonds is 3. The highest BCUT2D eigenvalue weighted by molar-refractivity contribution is 7.14. The fraction of sp³-hybridized carbons (Fsp3) is 0. The van der Waals surface area contributed by atoms with E-state index in [0.717, 1.165) is 16.6 Å². The molecule has 5 rings (SSSR count). The maximum Gasteiger partial charge on any atom is 0.257 e. The van der Waals surface area contributed by atoms with E-state index in [-0.39, 0.29) is 5.91 Å². The number of nitrogens with zero attached hydrogens (tertiary/aromatic N) is 2. The summed E-state index contributed by atoms with van der Waals surface area (Å²) in [6.07, 6.45) is 1.36. The van der Waals surface area contributed by atoms with Crippen LogP contribution in [-0.2, 0) is 0 Å². The molecular weight excluding hydrogens is 358 g/mol. The second-order valence-electron chi connectivity index (χ2n) is 6.09. The molecule has 2 heterocycles. The van der Waals surface area contributed by atoms with Crippen molar-refractivity contribution in [3.63, 3.8) is 0 Å². The number of nitrogens with one attached hydrogen (secondary N) is 1. The van der Waals surface area contributed by atoms with Crippen LogP contribution in [0.25, 0.3) is 33.1 Å². The maximum atomic E-state index is 12.5. The normalized spacial score (nSPS) is 11.1. The highest BCUT2D eigenvalue weighted by Gasteiger charge is 2.12. The zero-order chi connectivity index (χ0) is 18.2. The molecule has 6 heteroatoms. The standard InChI is InChI=1S/C21H13N3O2S/c25-20(16-7-8-19-17(10-16)22-12-26-19)24-21-23-18(11-27-21)15-6-5-13-3-1-2-4-14(13)9-15/h1-12H,(H,23,24,25). The lowest BCUT2D eigenvalue weighted by Gasteiger charge is -2.02. The van der Waals surface area contributed by atoms with Gasteiger partial charge in [-0.1, -0.05) is 36.4 Å². The molecule has 0 aliphatic rings. The number of oxazole rings is 1. The van der Waals surface area contributed by atoms with Crippen molar-refractivity contribution in [2.75, 3.05) is 5.32 Å². The van der Waals surface area contributed by atoms with Gasteiger partial charge in [-0.3, -0.25) is 10.1 Å². The minimum absolute atomic E-state index is 0.223. The molecule has 27 heavy (non-hydrogen) atoms. The van der Waals surface area contributed by atoms with Crippen LogP contribution in [0.2, 0.25) is 0 Å². The van der Waals surface area contributed by atoms with Gasteiger partial charge in [0.1, 0.15) is 5.52 Å². The Bertz CT molecular complexity index is 1290. The number of benzene rings is 3. The van der Waals surface area contributed by atoms with Crippen molar-refractivity contribution < 1.29 is 9.21 Å². The average Bonchev–Trinajstić information content (AvgIpc) is 3.36. The second kappa shape index (κ2) is 6.34. The third kappa shape index (κ3) is 2.96. The number of carbonyl (C=O) groups excluding carboxylic acids is 1. The summed E-state index contributed by atoms with van der Waals surface area (Å²) in [6, 6.07) is 19.6. The quantitative estimate of drug-likeness (QED) is 0.464. The van der Waals surface area contributed by atoms with Gasteiger partial charge in [0.25, 0.3) is 5.91 Å². The first-order valence-electron chi connectivity index (χ1n) is 8.35. The van der Waals surface area contributed by atoms with Gasteiger partial charge in [0.15, 0.2) is 17.1 Å². The molecule has 1 N–H and O–H groups in total. The number of amides is 1. The summed E-state index contributed by atoms with van der Waals surface area (Å²) in [5, 5.41) is 7.71. The number of hydrogen-bond donors (Lipinski definition) is 1. The molecule has 0 radical (unpaired) electrons. The topological polar surface area (TPSA) is 68.0 Å². The highest BCUT2D eigenvalue weighted by Crippen LogP contribution is 2.28. The van der Waals surface area contributed by atoms with Crippen LogP contribution in [0.4, 0.5) is 5.13 Å². The van der Waals surface area contributed by atoms with E-state index in [1.54, 1.807) is 18.2 Å². The summed E-state index contributed by atoms with van der Waals surface area (Å²) in [7, 11) is 0. The minimum atomic E-state index is -0.223. The Morgan fingerprint density at radius 1 is 1.00 bits per heavy atom. The monoisotopic (exact) mass is 371 g/mol. The van der Waals surface area contributed by atoms with Crippen LogP contribution < -0.4 is 5.32 Å². The van der Waals surface area contributed by atoms with Crippen molar-refractivity contribution in [1.29, 1.82) is 0 Å². The van der Waals surface area contributed by atoms with Gasteiger partial charge >= 0.3 is 0 Å². The van der Waals surface area contributed by atoms with Crippen LogP contribution in [0, 0.1) is 0 Å². The molecule has 0 bridgehead atoms. The molecule has 0 saturated heterocycles. The van der Waals surface area contributed by atoms with Crippen molar-refractivity contribution in [3.05, 3.63) is 78.0 Å². The molecule has 0 unspecified atom stereocenters. The first-order valence-corrected chi connectivity index (χ1v) is 9.23. The van der Waals surface area contributed by atoms with Crippen LogP contribution in [0.5, 0.6) is 0 Å². The van der Waals surface area contributed by atoms with E-state index in [2.05, 4.69) is 39.6 Å². The SMILES string of the molecule is O=C(Nc1nc(-c2ccc3ccccc3c2)cs1)c1ccc2ocnc2c1. The van der Waals surface area contributed by atoms with Crippen molar-refractivity contribution in [3.8, 4) is 11.3 Å². The van der Waals surface area contributed by atoms with E-state index in [9.17, 15) is 4.79 Å². The summed E-state index contributed by atoms with van der Waals surface area (Å²) in [5.74, 6) is -0.223. The Kier molecular flexibility index (Phi) is 3.69. The van der Waals surface area contributed by atoms with E-state index in [1.165, 1.54) is 23.1 Å². The number of thiazole rings is 1. The van der Waals surface area contributed by atoms with E-state index in [4.69, 9.17) is 4.42 Å². The van der Waals surface area contributed by atoms with Gasteiger partial charge in [-0.2, -0.15) is 0 Å². The van der Waals surface area contributed by atoms with E-state index >= 15 is 0 Å². The van der Waals surface area contributed by atoms with Gasteiger partial charge in [-0.15, -0.1) is 11.3 Å². The molecule has 0 atom stereocenters. The van der Waals surface area contributed by atoms with Crippen molar-refractivity contribution >= 4 is 44.2 Å². The predicted molar refractivity (Wildman–Crippen MR) is 107 cm³/mol. The van der Waals surface area contributed by atoms with Crippen LogP contribution in [0.1, 0.15) is 10.4 Å². The summed E-state index contributed by atoms with van der Waals surface area (Å²) in [5.41, 5.74) is 3.68. The summed E-state index contributed by atoms with van der Waals surface area (Å²) in [4.78, 5) is 21.1. The molecule has 0 aliphatic heterocycles. The van der Waals surface area contributed by atoms with E-state index in [0.29, 0.717) is 21.8 Å². The van der Waals surface area contributed by atoms with Crippen molar-refractivity contribution in [2.24, 2.45) is 0 Å². The molecule has 0 aliphatic carbocycles. The lowest BCUT2D eigenvalue weighted by Crippen LogP contribution is -2.11. The molecule has 2 aromatic heterocycles. The van der Waals surface area contributed by atoms with E-state index in [1.807, 2.05) is 23.6 Å². The smallest absolute Gasteiger partial charge is 0.257 e. The van der Waals surface area contributed by atoms with Crippen molar-refractivity contribution in [1.82, 2.24) is 9.97 Å². The Hall–Kier alpha value is -3.51. The third-order valence-electron chi connectivity index (χ3n) is 4.36. The molecule has 5 aromatic rings. The molecule has 3 aromatic carbocycles. The minimum Gasteiger partial charge on any atom is -0.443 e. The Balaban J connectivity index is 1.40. The predicted octanol–water partition coefficient (Wildman–Crippen LogP) is 5.36. The fourth-order valence-corrected chi connectivity index (χ4v) is 3.70. The van der Waals surface area contributed by atoms with Crippen molar-refractivity contribution in [2.45, 2.75) is 0 Å². The van der Waals surface area contributed by atoms with Crippen LogP contribution in [-0.4, -0.2) is 15.9 Å². The van der Waals surface area contributed by atoms with E-state index < -0.39 is 0 Å². The number of carbonyl (C=O) groups is 1. The Morgan fingerprint density at radius 2 is 1.89 bits per heavy atom. The van der Waals surface area contributed by atoms with Crippen LogP contribution >= 0.6 is 11.3 Å². The first kappa shape index (κ1) is 15.7. The molecule has 1 amide bonds. The van der Waals surface area contributed by atoms with Crippen LogP contribution in [0.15, 0.2) is 76.9 Å². The lowest BCUT2D eigenvalue weighted by molar-refractivity contribution is 0.102. The maximum absolute atomic E-state index is 12.5. The number of anilines is 1. The first-order chi connectivity index (χ1) is 13.3. The van der Waals surface area contributed by atoms with Gasteiger partial charge < -0.3 is 4.42 Å². The Morgan fingerprint density at radius 3 is 2.81 bits per heavy atom. The zero-order valence-corrected chi connectivity index (χ0v) is 14.9. The zero-order valence-electron chi connectivity index (χ0n) is 14.0.